The van der Waals surface area contributed by atoms with Crippen molar-refractivity contribution in [1.29, 1.82) is 0 Å². The molecule has 3 aromatic heterocycles. The van der Waals surface area contributed by atoms with Gasteiger partial charge in [-0.15, -0.1) is 0 Å². The molecule has 3 heterocycles. The number of pyridine rings is 1. The van der Waals surface area contributed by atoms with Gasteiger partial charge < -0.3 is 10.1 Å². The van der Waals surface area contributed by atoms with E-state index in [2.05, 4.69) is 25.4 Å². The highest BCUT2D eigenvalue weighted by atomic mass is 16.5. The molecule has 0 spiro atoms. The SMILES string of the molecule is Cc1nc(Oc2ccc(NC(=O)c3ccc4ccccc4n3)cc2)cc(-n2cccn2)n1. The molecule has 8 nitrogen and oxygen atoms in total. The van der Waals surface area contributed by atoms with Gasteiger partial charge in [-0.05, 0) is 49.4 Å². The van der Waals surface area contributed by atoms with Gasteiger partial charge in [0.25, 0.3) is 5.91 Å². The number of aryl methyl sites for hydroxylation is 1. The van der Waals surface area contributed by atoms with Crippen molar-refractivity contribution in [2.45, 2.75) is 6.92 Å². The van der Waals surface area contributed by atoms with Gasteiger partial charge in [0.2, 0.25) is 5.88 Å². The predicted octanol–water partition coefficient (Wildman–Crippen LogP) is 4.56. The number of aromatic nitrogens is 5. The van der Waals surface area contributed by atoms with Gasteiger partial charge in [-0.25, -0.2) is 14.6 Å². The van der Waals surface area contributed by atoms with Crippen molar-refractivity contribution in [2.75, 3.05) is 5.32 Å². The first-order chi connectivity index (χ1) is 15.6. The molecule has 0 fully saturated rings. The average molecular weight is 422 g/mol. The second kappa shape index (κ2) is 8.27. The van der Waals surface area contributed by atoms with Crippen LogP contribution < -0.4 is 10.1 Å². The minimum absolute atomic E-state index is 0.278. The van der Waals surface area contributed by atoms with E-state index in [1.54, 1.807) is 60.4 Å². The standard InChI is InChI=1S/C24H18N6O2/c1-16-26-22(30-14-4-13-25-30)15-23(27-16)32-19-10-8-18(9-11-19)28-24(31)21-12-7-17-5-2-3-6-20(17)29-21/h2-15H,1H3,(H,28,31). The zero-order chi connectivity index (χ0) is 21.9. The second-order valence-corrected chi connectivity index (χ2v) is 7.03. The third-order valence-corrected chi connectivity index (χ3v) is 4.71. The Kier molecular flexibility index (Phi) is 5.01. The summed E-state index contributed by atoms with van der Waals surface area (Å²) in [6.07, 6.45) is 3.48. The van der Waals surface area contributed by atoms with Gasteiger partial charge in [-0.3, -0.25) is 4.79 Å². The van der Waals surface area contributed by atoms with Crippen LogP contribution in [0.15, 0.2) is 85.2 Å². The monoisotopic (exact) mass is 422 g/mol. The lowest BCUT2D eigenvalue weighted by atomic mass is 10.2. The lowest BCUT2D eigenvalue weighted by molar-refractivity contribution is 0.102. The number of hydrogen-bond acceptors (Lipinski definition) is 6. The van der Waals surface area contributed by atoms with Crippen LogP contribution in [0.2, 0.25) is 0 Å². The van der Waals surface area contributed by atoms with E-state index in [4.69, 9.17) is 4.74 Å². The van der Waals surface area contributed by atoms with Gasteiger partial charge >= 0.3 is 0 Å². The van der Waals surface area contributed by atoms with Crippen molar-refractivity contribution >= 4 is 22.5 Å². The molecule has 0 bridgehead atoms. The van der Waals surface area contributed by atoms with Crippen LogP contribution in [0, 0.1) is 6.92 Å². The number of carbonyl (C=O) groups excluding carboxylic acids is 1. The van der Waals surface area contributed by atoms with Crippen molar-refractivity contribution in [3.8, 4) is 17.4 Å². The van der Waals surface area contributed by atoms with E-state index in [0.29, 0.717) is 34.7 Å². The normalized spacial score (nSPS) is 10.8. The van der Waals surface area contributed by atoms with Gasteiger partial charge in [0.15, 0.2) is 5.82 Å². The number of benzene rings is 2. The smallest absolute Gasteiger partial charge is 0.274 e. The summed E-state index contributed by atoms with van der Waals surface area (Å²) < 4.78 is 7.51. The van der Waals surface area contributed by atoms with Crippen molar-refractivity contribution in [3.63, 3.8) is 0 Å². The third kappa shape index (κ3) is 4.15. The van der Waals surface area contributed by atoms with Crippen molar-refractivity contribution in [1.82, 2.24) is 24.7 Å². The summed E-state index contributed by atoms with van der Waals surface area (Å²) in [5.74, 6) is 1.89. The number of fused-ring (bicyclic) bond motifs is 1. The topological polar surface area (TPSA) is 94.8 Å². The van der Waals surface area contributed by atoms with Gasteiger partial charge in [0, 0.05) is 29.5 Å². The van der Waals surface area contributed by atoms with Crippen LogP contribution in [0.25, 0.3) is 16.7 Å². The Morgan fingerprint density at radius 2 is 1.78 bits per heavy atom. The maximum absolute atomic E-state index is 12.6. The Labute approximate surface area is 183 Å². The van der Waals surface area contributed by atoms with E-state index >= 15 is 0 Å². The third-order valence-electron chi connectivity index (χ3n) is 4.71. The first-order valence-electron chi connectivity index (χ1n) is 9.95. The highest BCUT2D eigenvalue weighted by Crippen LogP contribution is 2.23. The largest absolute Gasteiger partial charge is 0.439 e. The number of amides is 1. The lowest BCUT2D eigenvalue weighted by Gasteiger charge is -2.09. The van der Waals surface area contributed by atoms with Crippen LogP contribution in [-0.4, -0.2) is 30.6 Å². The number of hydrogen-bond donors (Lipinski definition) is 1. The van der Waals surface area contributed by atoms with Crippen LogP contribution in [0.4, 0.5) is 5.69 Å². The van der Waals surface area contributed by atoms with Crippen LogP contribution in [0.3, 0.4) is 0 Å². The quantitative estimate of drug-likeness (QED) is 0.446. The van der Waals surface area contributed by atoms with Gasteiger partial charge in [-0.1, -0.05) is 24.3 Å². The van der Waals surface area contributed by atoms with Crippen LogP contribution in [0.5, 0.6) is 11.6 Å². The number of nitrogens with one attached hydrogen (secondary N) is 1. The molecule has 1 N–H and O–H groups in total. The fourth-order valence-corrected chi connectivity index (χ4v) is 3.21. The molecule has 5 rings (SSSR count). The highest BCUT2D eigenvalue weighted by Gasteiger charge is 2.10. The number of rotatable bonds is 5. The van der Waals surface area contributed by atoms with Crippen LogP contribution >= 0.6 is 0 Å². The minimum Gasteiger partial charge on any atom is -0.439 e. The Balaban J connectivity index is 1.29. The molecule has 2 aromatic carbocycles. The fraction of sp³-hybridized carbons (Fsp3) is 0.0417. The minimum atomic E-state index is -0.278. The molecular weight excluding hydrogens is 404 g/mol. The molecule has 0 radical (unpaired) electrons. The first-order valence-corrected chi connectivity index (χ1v) is 9.95. The summed E-state index contributed by atoms with van der Waals surface area (Å²) in [6.45, 7) is 1.79. The molecule has 0 atom stereocenters. The van der Waals surface area contributed by atoms with E-state index in [9.17, 15) is 4.79 Å². The zero-order valence-corrected chi connectivity index (χ0v) is 17.1. The number of carbonyl (C=O) groups is 1. The fourth-order valence-electron chi connectivity index (χ4n) is 3.21. The lowest BCUT2D eigenvalue weighted by Crippen LogP contribution is -2.13. The molecule has 5 aromatic rings. The van der Waals surface area contributed by atoms with Crippen molar-refractivity contribution < 1.29 is 9.53 Å². The number of para-hydroxylation sites is 1. The van der Waals surface area contributed by atoms with Crippen LogP contribution in [0.1, 0.15) is 16.3 Å². The number of ether oxygens (including phenoxy) is 1. The van der Waals surface area contributed by atoms with E-state index in [1.807, 2.05) is 36.4 Å². The molecule has 0 aliphatic carbocycles. The molecule has 0 aliphatic rings. The van der Waals surface area contributed by atoms with Crippen molar-refractivity contribution in [3.05, 3.63) is 96.7 Å². The second-order valence-electron chi connectivity index (χ2n) is 7.03. The molecule has 8 heteroatoms. The van der Waals surface area contributed by atoms with E-state index < -0.39 is 0 Å². The zero-order valence-electron chi connectivity index (χ0n) is 17.1. The summed E-state index contributed by atoms with van der Waals surface area (Å²) in [7, 11) is 0. The average Bonchev–Trinajstić information content (AvgIpc) is 3.35. The highest BCUT2D eigenvalue weighted by molar-refractivity contribution is 6.04. The first kappa shape index (κ1) is 19.4. The molecule has 0 saturated heterocycles. The summed E-state index contributed by atoms with van der Waals surface area (Å²) in [5, 5.41) is 8.03. The summed E-state index contributed by atoms with van der Waals surface area (Å²) in [5.41, 5.74) is 1.76. The Morgan fingerprint density at radius 1 is 0.938 bits per heavy atom. The van der Waals surface area contributed by atoms with Crippen molar-refractivity contribution in [2.24, 2.45) is 0 Å². The van der Waals surface area contributed by atoms with E-state index in [0.717, 1.165) is 10.9 Å². The molecule has 32 heavy (non-hydrogen) atoms. The maximum Gasteiger partial charge on any atom is 0.274 e. The summed E-state index contributed by atoms with van der Waals surface area (Å²) in [4.78, 5) is 25.7. The molecular formula is C24H18N6O2. The predicted molar refractivity (Wildman–Crippen MR) is 120 cm³/mol. The van der Waals surface area contributed by atoms with Gasteiger partial charge in [0.1, 0.15) is 17.3 Å². The Hall–Kier alpha value is -4.59. The molecule has 0 saturated carbocycles. The number of anilines is 1. The van der Waals surface area contributed by atoms with E-state index in [1.165, 1.54) is 0 Å². The number of nitrogens with zero attached hydrogens (tertiary/aromatic N) is 5. The Bertz CT molecular complexity index is 1400. The van der Waals surface area contributed by atoms with Gasteiger partial charge in [0.05, 0.1) is 5.52 Å². The molecule has 156 valence electrons. The molecule has 0 aliphatic heterocycles. The molecule has 1 amide bonds. The summed E-state index contributed by atoms with van der Waals surface area (Å²) >= 11 is 0. The Morgan fingerprint density at radius 3 is 2.59 bits per heavy atom. The molecule has 0 unspecified atom stereocenters. The van der Waals surface area contributed by atoms with Gasteiger partial charge in [-0.2, -0.15) is 10.1 Å². The van der Waals surface area contributed by atoms with Crippen LogP contribution in [-0.2, 0) is 0 Å². The summed E-state index contributed by atoms with van der Waals surface area (Å²) in [6, 6.07) is 21.8. The maximum atomic E-state index is 12.6. The van der Waals surface area contributed by atoms with E-state index in [-0.39, 0.29) is 5.91 Å².